The smallest absolute Gasteiger partial charge is 0.357 e. The van der Waals surface area contributed by atoms with Crippen LogP contribution in [-0.2, 0) is 19.1 Å². The van der Waals surface area contributed by atoms with Crippen molar-refractivity contribution in [2.24, 2.45) is 4.99 Å². The monoisotopic (exact) mass is 439 g/mol. The highest BCUT2D eigenvalue weighted by molar-refractivity contribution is 5.80. The second kappa shape index (κ2) is 9.92. The van der Waals surface area contributed by atoms with Crippen LogP contribution in [0.2, 0.25) is 0 Å². The van der Waals surface area contributed by atoms with Gasteiger partial charge in [0.25, 0.3) is 0 Å². The predicted molar refractivity (Wildman–Crippen MR) is 111 cm³/mol. The number of nitrogens with one attached hydrogen (secondary N) is 3. The molecule has 3 N–H and O–H groups in total. The van der Waals surface area contributed by atoms with Gasteiger partial charge in [-0.1, -0.05) is 13.8 Å². The minimum atomic E-state index is -4.50. The number of halogens is 3. The lowest BCUT2D eigenvalue weighted by Gasteiger charge is -2.25. The molecule has 0 bridgehead atoms. The average Bonchev–Trinajstić information content (AvgIpc) is 3.15. The van der Waals surface area contributed by atoms with Crippen LogP contribution in [0.4, 0.5) is 19.1 Å². The molecule has 31 heavy (non-hydrogen) atoms. The third kappa shape index (κ3) is 6.28. The van der Waals surface area contributed by atoms with Crippen LogP contribution in [0.25, 0.3) is 0 Å². The zero-order valence-electron chi connectivity index (χ0n) is 17.9. The topological polar surface area (TPSA) is 105 Å². The van der Waals surface area contributed by atoms with Gasteiger partial charge in [0.1, 0.15) is 11.5 Å². The SMILES string of the molecule is CCNC(=NCCNc1nccc(C(F)(F)F)n1)NC1CCc2nc(C(C)C)nn2C1. The predicted octanol–water partition coefficient (Wildman–Crippen LogP) is 2.19. The molecule has 1 atom stereocenters. The quantitative estimate of drug-likeness (QED) is 0.345. The Kier molecular flexibility index (Phi) is 7.29. The van der Waals surface area contributed by atoms with E-state index >= 15 is 0 Å². The Morgan fingerprint density at radius 1 is 1.32 bits per heavy atom. The fourth-order valence-electron chi connectivity index (χ4n) is 3.14. The summed E-state index contributed by atoms with van der Waals surface area (Å²) in [6, 6.07) is 0.998. The number of nitrogens with zero attached hydrogens (tertiary/aromatic N) is 6. The van der Waals surface area contributed by atoms with Gasteiger partial charge in [-0.3, -0.25) is 4.99 Å². The van der Waals surface area contributed by atoms with E-state index in [4.69, 9.17) is 0 Å². The lowest BCUT2D eigenvalue weighted by Crippen LogP contribution is -2.47. The molecule has 0 saturated carbocycles. The van der Waals surface area contributed by atoms with Crippen molar-refractivity contribution in [3.8, 4) is 0 Å². The van der Waals surface area contributed by atoms with E-state index in [0.717, 1.165) is 36.8 Å². The Hall–Kier alpha value is -2.92. The lowest BCUT2D eigenvalue weighted by molar-refractivity contribution is -0.141. The summed E-state index contributed by atoms with van der Waals surface area (Å²) in [6.07, 6.45) is -1.67. The van der Waals surface area contributed by atoms with E-state index < -0.39 is 11.9 Å². The minimum Gasteiger partial charge on any atom is -0.357 e. The van der Waals surface area contributed by atoms with Crippen molar-refractivity contribution in [3.05, 3.63) is 29.6 Å². The lowest BCUT2D eigenvalue weighted by atomic mass is 10.1. The van der Waals surface area contributed by atoms with Crippen molar-refractivity contribution in [2.45, 2.75) is 58.3 Å². The molecular formula is C19H28F3N9. The molecule has 170 valence electrons. The molecule has 2 aromatic rings. The average molecular weight is 439 g/mol. The summed E-state index contributed by atoms with van der Waals surface area (Å²) in [5.41, 5.74) is -0.978. The molecule has 3 heterocycles. The summed E-state index contributed by atoms with van der Waals surface area (Å²) in [7, 11) is 0. The summed E-state index contributed by atoms with van der Waals surface area (Å²) >= 11 is 0. The number of anilines is 1. The first-order chi connectivity index (χ1) is 14.8. The number of aromatic nitrogens is 5. The molecule has 1 unspecified atom stereocenters. The van der Waals surface area contributed by atoms with Crippen molar-refractivity contribution in [1.29, 1.82) is 0 Å². The summed E-state index contributed by atoms with van der Waals surface area (Å²) in [5, 5.41) is 14.0. The molecule has 9 nitrogen and oxygen atoms in total. The van der Waals surface area contributed by atoms with Crippen LogP contribution in [0.1, 0.15) is 50.5 Å². The number of fused-ring (bicyclic) bond motifs is 1. The van der Waals surface area contributed by atoms with E-state index in [9.17, 15) is 13.2 Å². The van der Waals surface area contributed by atoms with Crippen LogP contribution in [0, 0.1) is 0 Å². The number of guanidine groups is 1. The summed E-state index contributed by atoms with van der Waals surface area (Å²) < 4.78 is 40.2. The maximum absolute atomic E-state index is 12.7. The van der Waals surface area contributed by atoms with Gasteiger partial charge in [-0.25, -0.2) is 19.6 Å². The van der Waals surface area contributed by atoms with Crippen LogP contribution >= 0.6 is 0 Å². The van der Waals surface area contributed by atoms with Gasteiger partial charge >= 0.3 is 6.18 Å². The van der Waals surface area contributed by atoms with Crippen molar-refractivity contribution in [2.75, 3.05) is 25.0 Å². The van der Waals surface area contributed by atoms with Crippen molar-refractivity contribution in [3.63, 3.8) is 0 Å². The highest BCUT2D eigenvalue weighted by Gasteiger charge is 2.32. The number of aryl methyl sites for hydroxylation is 1. The third-order valence-electron chi connectivity index (χ3n) is 4.69. The van der Waals surface area contributed by atoms with Crippen molar-refractivity contribution >= 4 is 11.9 Å². The molecule has 12 heteroatoms. The van der Waals surface area contributed by atoms with Crippen LogP contribution in [0.3, 0.4) is 0 Å². The van der Waals surface area contributed by atoms with Gasteiger partial charge in [0.05, 0.1) is 13.1 Å². The Balaban J connectivity index is 1.53. The van der Waals surface area contributed by atoms with Crippen LogP contribution in [-0.4, -0.2) is 56.4 Å². The zero-order chi connectivity index (χ0) is 22.4. The second-order valence-corrected chi connectivity index (χ2v) is 7.55. The van der Waals surface area contributed by atoms with Crippen LogP contribution < -0.4 is 16.0 Å². The van der Waals surface area contributed by atoms with Gasteiger partial charge in [0.15, 0.2) is 11.8 Å². The molecule has 2 aromatic heterocycles. The molecule has 0 radical (unpaired) electrons. The van der Waals surface area contributed by atoms with E-state index in [1.54, 1.807) is 0 Å². The molecule has 1 aliphatic heterocycles. The molecule has 0 amide bonds. The van der Waals surface area contributed by atoms with E-state index in [0.29, 0.717) is 32.1 Å². The second-order valence-electron chi connectivity index (χ2n) is 7.55. The molecule has 0 spiro atoms. The van der Waals surface area contributed by atoms with Crippen LogP contribution in [0.15, 0.2) is 17.3 Å². The molecule has 0 aromatic carbocycles. The fourth-order valence-corrected chi connectivity index (χ4v) is 3.14. The first-order valence-corrected chi connectivity index (χ1v) is 10.4. The molecule has 0 saturated heterocycles. The first kappa shape index (κ1) is 22.8. The Labute approximate surface area is 179 Å². The summed E-state index contributed by atoms with van der Waals surface area (Å²) in [4.78, 5) is 16.4. The van der Waals surface area contributed by atoms with E-state index in [1.165, 1.54) is 0 Å². The summed E-state index contributed by atoms with van der Waals surface area (Å²) in [6.45, 7) is 8.15. The van der Waals surface area contributed by atoms with Gasteiger partial charge < -0.3 is 16.0 Å². The van der Waals surface area contributed by atoms with Crippen molar-refractivity contribution < 1.29 is 13.2 Å². The molecule has 0 aliphatic carbocycles. The van der Waals surface area contributed by atoms with Gasteiger partial charge in [-0.05, 0) is 19.4 Å². The molecule has 3 rings (SSSR count). The van der Waals surface area contributed by atoms with E-state index in [-0.39, 0.29) is 17.9 Å². The van der Waals surface area contributed by atoms with Crippen LogP contribution in [0.5, 0.6) is 0 Å². The number of rotatable bonds is 7. The van der Waals surface area contributed by atoms with Gasteiger partial charge in [0.2, 0.25) is 5.95 Å². The van der Waals surface area contributed by atoms with E-state index in [1.807, 2.05) is 11.6 Å². The zero-order valence-corrected chi connectivity index (χ0v) is 17.9. The molecular weight excluding hydrogens is 411 g/mol. The van der Waals surface area contributed by atoms with Crippen molar-refractivity contribution in [1.82, 2.24) is 35.4 Å². The number of hydrogen-bond donors (Lipinski definition) is 3. The highest BCUT2D eigenvalue weighted by Crippen LogP contribution is 2.27. The fraction of sp³-hybridized carbons (Fsp3) is 0.632. The molecule has 1 aliphatic rings. The van der Waals surface area contributed by atoms with Gasteiger partial charge in [-0.2, -0.15) is 18.3 Å². The first-order valence-electron chi connectivity index (χ1n) is 10.4. The standard InChI is InChI=1S/C19H28F3N9/c1-4-23-17(25-9-10-26-18-24-8-7-14(28-18)19(20,21)22)27-13-5-6-15-29-16(12(2)3)30-31(15)11-13/h7-8,12-13H,4-6,9-11H2,1-3H3,(H2,23,25,27)(H,24,26,28). The normalized spacial score (nSPS) is 16.9. The third-order valence-corrected chi connectivity index (χ3v) is 4.69. The molecule has 0 fully saturated rings. The maximum atomic E-state index is 12.7. The Morgan fingerprint density at radius 2 is 2.13 bits per heavy atom. The number of aliphatic imine (C=N–C) groups is 1. The van der Waals surface area contributed by atoms with E-state index in [2.05, 4.69) is 54.8 Å². The Morgan fingerprint density at radius 3 is 2.84 bits per heavy atom. The van der Waals surface area contributed by atoms with Gasteiger partial charge in [0, 0.05) is 37.7 Å². The Bertz CT molecular complexity index is 892. The number of alkyl halides is 3. The minimum absolute atomic E-state index is 0.0741. The maximum Gasteiger partial charge on any atom is 0.433 e. The highest BCUT2D eigenvalue weighted by atomic mass is 19.4. The number of hydrogen-bond acceptors (Lipinski definition) is 6. The van der Waals surface area contributed by atoms with Gasteiger partial charge in [-0.15, -0.1) is 0 Å². The largest absolute Gasteiger partial charge is 0.433 e. The summed E-state index contributed by atoms with van der Waals surface area (Å²) in [5.74, 6) is 2.73.